The average Bonchev–Trinajstić information content (AvgIpc) is 2.83. The number of fused-ring (bicyclic) bond motifs is 1. The molecule has 0 fully saturated rings. The van der Waals surface area contributed by atoms with Crippen LogP contribution in [0.4, 0.5) is 4.39 Å². The quantitative estimate of drug-likeness (QED) is 0.721. The number of H-pyrrole nitrogens is 1. The number of aromatic nitrogens is 1. The normalized spacial score (nSPS) is 10.8. The highest BCUT2D eigenvalue weighted by molar-refractivity contribution is 7.99. The van der Waals surface area contributed by atoms with E-state index in [0.29, 0.717) is 16.7 Å². The van der Waals surface area contributed by atoms with Crippen LogP contribution < -0.4 is 0 Å². The minimum Gasteiger partial charge on any atom is -0.349 e. The van der Waals surface area contributed by atoms with Crippen LogP contribution in [0.2, 0.25) is 0 Å². The van der Waals surface area contributed by atoms with E-state index in [0.717, 1.165) is 15.9 Å². The van der Waals surface area contributed by atoms with Gasteiger partial charge < -0.3 is 4.98 Å². The zero-order chi connectivity index (χ0) is 13.2. The van der Waals surface area contributed by atoms with Gasteiger partial charge in [0.25, 0.3) is 0 Å². The summed E-state index contributed by atoms with van der Waals surface area (Å²) in [6.07, 6.45) is 0.639. The number of carbonyl (C=O) groups excluding carboxylic acids is 1. The molecule has 1 heterocycles. The first-order valence-corrected chi connectivity index (χ1v) is 6.58. The number of rotatable bonds is 3. The summed E-state index contributed by atoms with van der Waals surface area (Å²) in [5, 5.41) is 1.97. The van der Waals surface area contributed by atoms with Gasteiger partial charge in [-0.05, 0) is 24.3 Å². The van der Waals surface area contributed by atoms with Crippen LogP contribution in [0.15, 0.2) is 58.5 Å². The van der Waals surface area contributed by atoms with Crippen LogP contribution in [0, 0.1) is 5.82 Å². The number of nitrogens with one attached hydrogen (secondary N) is 1. The Labute approximate surface area is 113 Å². The van der Waals surface area contributed by atoms with E-state index in [-0.39, 0.29) is 5.82 Å². The Hall–Kier alpha value is -2.07. The lowest BCUT2D eigenvalue weighted by Gasteiger charge is -2.01. The van der Waals surface area contributed by atoms with Gasteiger partial charge in [-0.15, -0.1) is 0 Å². The lowest BCUT2D eigenvalue weighted by molar-refractivity contribution is 0.112. The van der Waals surface area contributed by atoms with Crippen molar-refractivity contribution in [1.29, 1.82) is 0 Å². The summed E-state index contributed by atoms with van der Waals surface area (Å²) in [6, 6.07) is 14.4. The third-order valence-electron chi connectivity index (χ3n) is 2.82. The molecule has 0 spiro atoms. The summed E-state index contributed by atoms with van der Waals surface area (Å²) in [4.78, 5) is 14.3. The minimum absolute atomic E-state index is 0.346. The summed E-state index contributed by atoms with van der Waals surface area (Å²) in [6.45, 7) is 0. The topological polar surface area (TPSA) is 32.9 Å². The van der Waals surface area contributed by atoms with E-state index >= 15 is 0 Å². The molecule has 0 bridgehead atoms. The molecule has 0 unspecified atom stereocenters. The van der Waals surface area contributed by atoms with E-state index in [4.69, 9.17) is 0 Å². The van der Waals surface area contributed by atoms with Gasteiger partial charge in [0.1, 0.15) is 12.1 Å². The van der Waals surface area contributed by atoms with Gasteiger partial charge in [-0.3, -0.25) is 4.79 Å². The van der Waals surface area contributed by atoms with Crippen molar-refractivity contribution in [3.8, 4) is 0 Å². The highest BCUT2D eigenvalue weighted by atomic mass is 32.2. The van der Waals surface area contributed by atoms with Crippen LogP contribution in [0.5, 0.6) is 0 Å². The molecule has 3 aromatic rings. The Morgan fingerprint density at radius 1 is 1.11 bits per heavy atom. The fraction of sp³-hybridized carbons (Fsp3) is 0. The zero-order valence-electron chi connectivity index (χ0n) is 9.89. The molecule has 0 saturated heterocycles. The molecule has 2 nitrogen and oxygen atoms in total. The summed E-state index contributed by atoms with van der Waals surface area (Å²) < 4.78 is 13.8. The molecule has 0 saturated carbocycles. The molecular formula is C15H10FNOS. The lowest BCUT2D eigenvalue weighted by Crippen LogP contribution is -1.85. The third-order valence-corrected chi connectivity index (χ3v) is 3.81. The number of para-hydroxylation sites is 1. The van der Waals surface area contributed by atoms with Crippen LogP contribution in [-0.4, -0.2) is 11.3 Å². The number of benzene rings is 2. The molecule has 0 amide bonds. The number of halogens is 1. The Bertz CT molecular complexity index is 718. The first kappa shape index (κ1) is 12.0. The molecule has 1 aromatic heterocycles. The van der Waals surface area contributed by atoms with Gasteiger partial charge in [0, 0.05) is 21.4 Å². The van der Waals surface area contributed by atoms with E-state index < -0.39 is 0 Å². The molecule has 1 N–H and O–H groups in total. The number of carbonyl (C=O) groups is 1. The highest BCUT2D eigenvalue weighted by Gasteiger charge is 2.07. The monoisotopic (exact) mass is 271 g/mol. The van der Waals surface area contributed by atoms with Crippen molar-refractivity contribution in [3.63, 3.8) is 0 Å². The maximum atomic E-state index is 13.8. The zero-order valence-corrected chi connectivity index (χ0v) is 10.7. The fourth-order valence-electron chi connectivity index (χ4n) is 1.89. The summed E-state index contributed by atoms with van der Waals surface area (Å²) in [7, 11) is 0. The van der Waals surface area contributed by atoms with Gasteiger partial charge in [0.05, 0.1) is 5.03 Å². The number of aromatic amines is 1. The molecule has 0 aliphatic carbocycles. The van der Waals surface area contributed by atoms with E-state index in [1.165, 1.54) is 17.8 Å². The molecule has 19 heavy (non-hydrogen) atoms. The predicted octanol–water partition coefficient (Wildman–Crippen LogP) is 4.27. The third kappa shape index (κ3) is 2.39. The second-order valence-electron chi connectivity index (χ2n) is 4.13. The van der Waals surface area contributed by atoms with E-state index in [2.05, 4.69) is 4.98 Å². The molecule has 4 heteroatoms. The van der Waals surface area contributed by atoms with Crippen LogP contribution in [-0.2, 0) is 0 Å². The van der Waals surface area contributed by atoms with Gasteiger partial charge in [-0.25, -0.2) is 4.39 Å². The van der Waals surface area contributed by atoms with Crippen LogP contribution in [0.3, 0.4) is 0 Å². The summed E-state index contributed by atoms with van der Waals surface area (Å²) in [5.74, 6) is -0.381. The Kier molecular flexibility index (Phi) is 3.09. The maximum absolute atomic E-state index is 13.8. The Balaban J connectivity index is 1.94. The minimum atomic E-state index is -0.381. The maximum Gasteiger partial charge on any atom is 0.150 e. The summed E-state index contributed by atoms with van der Waals surface area (Å²) in [5.41, 5.74) is 1.37. The van der Waals surface area contributed by atoms with Gasteiger partial charge in [0.2, 0.25) is 0 Å². The average molecular weight is 271 g/mol. The highest BCUT2D eigenvalue weighted by Crippen LogP contribution is 2.31. The molecule has 0 aliphatic heterocycles. The van der Waals surface area contributed by atoms with E-state index in [1.54, 1.807) is 12.1 Å². The number of aldehydes is 1. The lowest BCUT2D eigenvalue weighted by atomic mass is 10.2. The number of hydrogen-bond acceptors (Lipinski definition) is 2. The summed E-state index contributed by atoms with van der Waals surface area (Å²) >= 11 is 1.31. The second-order valence-corrected chi connectivity index (χ2v) is 5.21. The largest absolute Gasteiger partial charge is 0.349 e. The fourth-order valence-corrected chi connectivity index (χ4v) is 2.77. The van der Waals surface area contributed by atoms with Crippen molar-refractivity contribution in [1.82, 2.24) is 4.98 Å². The molecule has 94 valence electrons. The molecule has 0 atom stereocenters. The van der Waals surface area contributed by atoms with Crippen LogP contribution >= 0.6 is 11.8 Å². The predicted molar refractivity (Wildman–Crippen MR) is 74.2 cm³/mol. The Morgan fingerprint density at radius 2 is 1.95 bits per heavy atom. The van der Waals surface area contributed by atoms with Crippen LogP contribution in [0.25, 0.3) is 10.9 Å². The van der Waals surface area contributed by atoms with Crippen molar-refractivity contribution < 1.29 is 9.18 Å². The first-order valence-electron chi connectivity index (χ1n) is 5.76. The first-order chi connectivity index (χ1) is 9.26. The molecular weight excluding hydrogens is 261 g/mol. The van der Waals surface area contributed by atoms with E-state index in [1.807, 2.05) is 30.3 Å². The van der Waals surface area contributed by atoms with Crippen molar-refractivity contribution in [2.45, 2.75) is 9.92 Å². The Morgan fingerprint density at radius 3 is 2.68 bits per heavy atom. The van der Waals surface area contributed by atoms with Crippen molar-refractivity contribution >= 4 is 29.0 Å². The number of hydrogen-bond donors (Lipinski definition) is 1. The van der Waals surface area contributed by atoms with Gasteiger partial charge in [0.15, 0.2) is 0 Å². The van der Waals surface area contributed by atoms with Crippen molar-refractivity contribution in [3.05, 3.63) is 59.9 Å². The second kappa shape index (κ2) is 4.90. The van der Waals surface area contributed by atoms with Gasteiger partial charge in [-0.1, -0.05) is 36.0 Å². The van der Waals surface area contributed by atoms with Gasteiger partial charge in [-0.2, -0.15) is 0 Å². The smallest absolute Gasteiger partial charge is 0.150 e. The SMILES string of the molecule is O=Cc1ccc(Sc2cc3ccccc3[nH]2)c(F)c1. The molecule has 0 aliphatic rings. The molecule has 2 aromatic carbocycles. The molecule has 3 rings (SSSR count). The van der Waals surface area contributed by atoms with Gasteiger partial charge >= 0.3 is 0 Å². The van der Waals surface area contributed by atoms with Crippen molar-refractivity contribution in [2.75, 3.05) is 0 Å². The molecule has 0 radical (unpaired) electrons. The standard InChI is InChI=1S/C15H10FNOS/c16-12-7-10(9-18)5-6-14(12)19-15-8-11-3-1-2-4-13(11)17-15/h1-9,17H. The van der Waals surface area contributed by atoms with E-state index in [9.17, 15) is 9.18 Å². The van der Waals surface area contributed by atoms with Crippen LogP contribution in [0.1, 0.15) is 10.4 Å². The van der Waals surface area contributed by atoms with Crippen molar-refractivity contribution in [2.24, 2.45) is 0 Å².